The van der Waals surface area contributed by atoms with Gasteiger partial charge < -0.3 is 10.2 Å². The second kappa shape index (κ2) is 5.12. The third kappa shape index (κ3) is 2.33. The average Bonchev–Trinajstić information content (AvgIpc) is 2.65. The zero-order valence-corrected chi connectivity index (χ0v) is 9.38. The predicted molar refractivity (Wildman–Crippen MR) is 61.2 cm³/mol. The highest BCUT2D eigenvalue weighted by Crippen LogP contribution is 2.20. The third-order valence-electron chi connectivity index (χ3n) is 2.26. The molecule has 0 aromatic carbocycles. The fourth-order valence-corrected chi connectivity index (χ4v) is 1.80. The smallest absolute Gasteiger partial charge is 0.127 e. The molecule has 3 nitrogen and oxygen atoms in total. The first-order valence-electron chi connectivity index (χ1n) is 4.77. The molecule has 1 heterocycles. The van der Waals surface area contributed by atoms with Gasteiger partial charge in [-0.2, -0.15) is 0 Å². The fourth-order valence-electron chi connectivity index (χ4n) is 1.54. The lowest BCUT2D eigenvalue weighted by Crippen LogP contribution is -2.36. The van der Waals surface area contributed by atoms with Crippen molar-refractivity contribution in [1.29, 1.82) is 0 Å². The van der Waals surface area contributed by atoms with E-state index < -0.39 is 0 Å². The van der Waals surface area contributed by atoms with E-state index in [1.165, 1.54) is 0 Å². The summed E-state index contributed by atoms with van der Waals surface area (Å²) in [4.78, 5) is 2.63. The number of hydrogen-bond donors (Lipinski definition) is 1. The molecule has 0 aliphatic rings. The highest BCUT2D eigenvalue weighted by molar-refractivity contribution is 7.80. The Balaban J connectivity index is 2.89. The summed E-state index contributed by atoms with van der Waals surface area (Å²) in [6.07, 6.45) is 1.64. The second-order valence-electron chi connectivity index (χ2n) is 3.04. The summed E-state index contributed by atoms with van der Waals surface area (Å²) in [7, 11) is 0. The molecule has 0 bridgehead atoms. The van der Waals surface area contributed by atoms with Crippen LogP contribution in [0.25, 0.3) is 0 Å². The molecule has 4 heteroatoms. The van der Waals surface area contributed by atoms with Gasteiger partial charge in [-0.3, -0.25) is 4.90 Å². The van der Waals surface area contributed by atoms with Crippen molar-refractivity contribution >= 4 is 17.2 Å². The SMILES string of the molecule is CCN(CC)C(C(N)=S)c1ccco1. The van der Waals surface area contributed by atoms with Crippen molar-refractivity contribution in [2.75, 3.05) is 13.1 Å². The van der Waals surface area contributed by atoms with Gasteiger partial charge in [0.25, 0.3) is 0 Å². The largest absolute Gasteiger partial charge is 0.467 e. The fraction of sp³-hybridized carbons (Fsp3) is 0.500. The first-order chi connectivity index (χ1) is 6.70. The predicted octanol–water partition coefficient (Wildman–Crippen LogP) is 1.95. The van der Waals surface area contributed by atoms with Crippen LogP contribution in [-0.4, -0.2) is 23.0 Å². The Bertz CT molecular complexity index is 280. The topological polar surface area (TPSA) is 42.4 Å². The minimum atomic E-state index is -0.0741. The van der Waals surface area contributed by atoms with Gasteiger partial charge in [-0.15, -0.1) is 0 Å². The van der Waals surface area contributed by atoms with E-state index in [0.717, 1.165) is 18.8 Å². The first kappa shape index (κ1) is 11.2. The molecule has 0 fully saturated rings. The molecule has 14 heavy (non-hydrogen) atoms. The van der Waals surface area contributed by atoms with Crippen molar-refractivity contribution in [2.45, 2.75) is 19.9 Å². The minimum absolute atomic E-state index is 0.0741. The molecule has 1 aromatic rings. The molecule has 1 aromatic heterocycles. The minimum Gasteiger partial charge on any atom is -0.467 e. The zero-order chi connectivity index (χ0) is 10.6. The van der Waals surface area contributed by atoms with Gasteiger partial charge in [0.2, 0.25) is 0 Å². The number of hydrogen-bond acceptors (Lipinski definition) is 3. The van der Waals surface area contributed by atoms with Crippen LogP contribution in [-0.2, 0) is 0 Å². The zero-order valence-electron chi connectivity index (χ0n) is 8.56. The standard InChI is InChI=1S/C10H16N2OS/c1-3-12(4-2)9(10(11)14)8-6-5-7-13-8/h5-7,9H,3-4H2,1-2H3,(H2,11,14). The summed E-state index contributed by atoms with van der Waals surface area (Å²) in [5.74, 6) is 0.821. The van der Waals surface area contributed by atoms with E-state index >= 15 is 0 Å². The molecule has 0 radical (unpaired) electrons. The van der Waals surface area contributed by atoms with Crippen LogP contribution in [0.3, 0.4) is 0 Å². The van der Waals surface area contributed by atoms with E-state index in [0.29, 0.717) is 4.99 Å². The summed E-state index contributed by atoms with van der Waals surface area (Å²) in [6, 6.07) is 3.68. The van der Waals surface area contributed by atoms with Crippen molar-refractivity contribution in [2.24, 2.45) is 5.73 Å². The molecule has 1 rings (SSSR count). The summed E-state index contributed by atoms with van der Waals surface area (Å²) < 4.78 is 5.33. The summed E-state index contributed by atoms with van der Waals surface area (Å²) >= 11 is 5.05. The molecule has 1 atom stereocenters. The second-order valence-corrected chi connectivity index (χ2v) is 3.51. The van der Waals surface area contributed by atoms with Crippen LogP contribution in [0.15, 0.2) is 22.8 Å². The molecule has 0 saturated carbocycles. The number of nitrogens with zero attached hydrogens (tertiary/aromatic N) is 1. The van der Waals surface area contributed by atoms with Crippen LogP contribution in [0.4, 0.5) is 0 Å². The van der Waals surface area contributed by atoms with E-state index in [2.05, 4.69) is 18.7 Å². The molecular formula is C10H16N2OS. The van der Waals surface area contributed by atoms with E-state index in [4.69, 9.17) is 22.4 Å². The normalized spacial score (nSPS) is 13.1. The number of thiocarbonyl (C=S) groups is 1. The molecule has 0 amide bonds. The molecule has 0 spiro atoms. The van der Waals surface area contributed by atoms with E-state index in [-0.39, 0.29) is 6.04 Å². The number of nitrogens with two attached hydrogens (primary N) is 1. The number of rotatable bonds is 5. The third-order valence-corrected chi connectivity index (χ3v) is 2.48. The van der Waals surface area contributed by atoms with Crippen LogP contribution in [0.1, 0.15) is 25.6 Å². The van der Waals surface area contributed by atoms with Gasteiger partial charge >= 0.3 is 0 Å². The maximum Gasteiger partial charge on any atom is 0.127 e. The van der Waals surface area contributed by atoms with Gasteiger partial charge in [0.1, 0.15) is 11.8 Å². The summed E-state index contributed by atoms with van der Waals surface area (Å²) in [5.41, 5.74) is 5.71. The molecule has 1 unspecified atom stereocenters. The van der Waals surface area contributed by atoms with Gasteiger partial charge in [0.15, 0.2) is 0 Å². The lowest BCUT2D eigenvalue weighted by molar-refractivity contribution is 0.245. The van der Waals surface area contributed by atoms with Gasteiger partial charge in [0, 0.05) is 0 Å². The van der Waals surface area contributed by atoms with Crippen LogP contribution in [0.5, 0.6) is 0 Å². The Morgan fingerprint density at radius 2 is 2.21 bits per heavy atom. The highest BCUT2D eigenvalue weighted by atomic mass is 32.1. The van der Waals surface area contributed by atoms with Crippen LogP contribution in [0, 0.1) is 0 Å². The molecular weight excluding hydrogens is 196 g/mol. The van der Waals surface area contributed by atoms with E-state index in [1.807, 2.05) is 12.1 Å². The lowest BCUT2D eigenvalue weighted by atomic mass is 10.2. The van der Waals surface area contributed by atoms with Crippen molar-refractivity contribution in [1.82, 2.24) is 4.90 Å². The maximum atomic E-state index is 5.71. The molecule has 0 aliphatic heterocycles. The van der Waals surface area contributed by atoms with Crippen molar-refractivity contribution in [3.8, 4) is 0 Å². The summed E-state index contributed by atoms with van der Waals surface area (Å²) in [5, 5.41) is 0. The number of likely N-dealkylation sites (N-methyl/N-ethyl adjacent to an activating group) is 1. The Labute approximate surface area is 89.9 Å². The molecule has 0 saturated heterocycles. The van der Waals surface area contributed by atoms with Crippen LogP contribution >= 0.6 is 12.2 Å². The summed E-state index contributed by atoms with van der Waals surface area (Å²) in [6.45, 7) is 5.97. The lowest BCUT2D eigenvalue weighted by Gasteiger charge is -2.26. The number of furan rings is 1. The van der Waals surface area contributed by atoms with Gasteiger partial charge in [-0.1, -0.05) is 26.1 Å². The van der Waals surface area contributed by atoms with Crippen molar-refractivity contribution < 1.29 is 4.42 Å². The Kier molecular flexibility index (Phi) is 4.10. The molecule has 78 valence electrons. The van der Waals surface area contributed by atoms with E-state index in [1.54, 1.807) is 6.26 Å². The van der Waals surface area contributed by atoms with Crippen LogP contribution < -0.4 is 5.73 Å². The van der Waals surface area contributed by atoms with Crippen LogP contribution in [0.2, 0.25) is 0 Å². The molecule has 0 aliphatic carbocycles. The van der Waals surface area contributed by atoms with Gasteiger partial charge in [0.05, 0.1) is 11.3 Å². The van der Waals surface area contributed by atoms with Crippen molar-refractivity contribution in [3.63, 3.8) is 0 Å². The average molecular weight is 212 g/mol. The monoisotopic (exact) mass is 212 g/mol. The Morgan fingerprint density at radius 1 is 1.57 bits per heavy atom. The Hall–Kier alpha value is -0.870. The highest BCUT2D eigenvalue weighted by Gasteiger charge is 2.22. The molecule has 2 N–H and O–H groups in total. The quantitative estimate of drug-likeness (QED) is 0.758. The van der Waals surface area contributed by atoms with Gasteiger partial charge in [-0.25, -0.2) is 0 Å². The maximum absolute atomic E-state index is 5.71. The van der Waals surface area contributed by atoms with Gasteiger partial charge in [-0.05, 0) is 25.2 Å². The Morgan fingerprint density at radius 3 is 2.57 bits per heavy atom. The van der Waals surface area contributed by atoms with E-state index in [9.17, 15) is 0 Å². The first-order valence-corrected chi connectivity index (χ1v) is 5.18. The van der Waals surface area contributed by atoms with Crippen molar-refractivity contribution in [3.05, 3.63) is 24.2 Å².